The number of rotatable bonds is 3. The number of hydrogen-bond acceptors (Lipinski definition) is 6. The Morgan fingerprint density at radius 1 is 1.40 bits per heavy atom. The average molecular weight is 301 g/mol. The van der Waals surface area contributed by atoms with Gasteiger partial charge in [0.1, 0.15) is 0 Å². The summed E-state index contributed by atoms with van der Waals surface area (Å²) < 4.78 is 47.9. The molecule has 20 heavy (non-hydrogen) atoms. The molecule has 1 aromatic carbocycles. The molecule has 110 valence electrons. The SMILES string of the molecule is [2H]C1C2COC(O2)C(OS(=O)(=O)c2ccc(C)cc2)C1O. The largest absolute Gasteiger partial charge is 0.390 e. The number of fused-ring (bicyclic) bond motifs is 2. The summed E-state index contributed by atoms with van der Waals surface area (Å²) in [7, 11) is -4.06. The van der Waals surface area contributed by atoms with Crippen molar-refractivity contribution in [3.05, 3.63) is 29.8 Å². The predicted molar refractivity (Wildman–Crippen MR) is 68.5 cm³/mol. The van der Waals surface area contributed by atoms with Gasteiger partial charge in [-0.05, 0) is 19.1 Å². The molecule has 2 fully saturated rings. The van der Waals surface area contributed by atoms with Crippen molar-refractivity contribution in [2.45, 2.75) is 42.8 Å². The highest BCUT2D eigenvalue weighted by molar-refractivity contribution is 7.86. The number of aliphatic hydroxyl groups excluding tert-OH is 1. The van der Waals surface area contributed by atoms with Gasteiger partial charge in [-0.3, -0.25) is 4.18 Å². The predicted octanol–water partition coefficient (Wildman–Crippen LogP) is 0.575. The number of aryl methyl sites for hydroxylation is 1. The molecule has 5 atom stereocenters. The Morgan fingerprint density at radius 3 is 2.80 bits per heavy atom. The summed E-state index contributed by atoms with van der Waals surface area (Å²) in [6.45, 7) is 1.99. The molecule has 2 saturated heterocycles. The van der Waals surface area contributed by atoms with Gasteiger partial charge in [0.05, 0.1) is 23.7 Å². The van der Waals surface area contributed by atoms with Crippen molar-refractivity contribution in [2.75, 3.05) is 6.61 Å². The lowest BCUT2D eigenvalue weighted by molar-refractivity contribution is -0.181. The van der Waals surface area contributed by atoms with Gasteiger partial charge < -0.3 is 14.6 Å². The number of hydrogen-bond donors (Lipinski definition) is 1. The van der Waals surface area contributed by atoms with E-state index in [1.807, 2.05) is 6.92 Å². The Bertz CT molecular complexity index is 616. The maximum atomic E-state index is 12.2. The smallest absolute Gasteiger partial charge is 0.297 e. The fourth-order valence-corrected chi connectivity index (χ4v) is 3.29. The lowest BCUT2D eigenvalue weighted by Gasteiger charge is -2.31. The van der Waals surface area contributed by atoms with Gasteiger partial charge in [-0.15, -0.1) is 0 Å². The molecule has 0 saturated carbocycles. The average Bonchev–Trinajstić information content (AvgIpc) is 2.89. The Morgan fingerprint density at radius 2 is 2.10 bits per heavy atom. The zero-order valence-corrected chi connectivity index (χ0v) is 11.6. The molecule has 6 nitrogen and oxygen atoms in total. The molecule has 5 unspecified atom stereocenters. The molecule has 3 rings (SSSR count). The van der Waals surface area contributed by atoms with Crippen molar-refractivity contribution in [3.63, 3.8) is 0 Å². The fraction of sp³-hybridized carbons (Fsp3) is 0.538. The minimum Gasteiger partial charge on any atom is -0.390 e. The molecule has 2 heterocycles. The summed E-state index contributed by atoms with van der Waals surface area (Å²) in [5.41, 5.74) is 0.920. The molecule has 0 aliphatic carbocycles. The summed E-state index contributed by atoms with van der Waals surface area (Å²) >= 11 is 0. The summed E-state index contributed by atoms with van der Waals surface area (Å²) in [4.78, 5) is -0.0121. The van der Waals surface area contributed by atoms with Crippen LogP contribution in [0, 0.1) is 6.92 Å². The summed E-state index contributed by atoms with van der Waals surface area (Å²) in [6.07, 6.45) is -5.03. The van der Waals surface area contributed by atoms with E-state index in [1.54, 1.807) is 12.1 Å². The van der Waals surface area contributed by atoms with Crippen LogP contribution in [0.2, 0.25) is 0 Å². The van der Waals surface area contributed by atoms with Crippen LogP contribution in [0.15, 0.2) is 29.2 Å². The van der Waals surface area contributed by atoms with Crippen LogP contribution in [0.25, 0.3) is 0 Å². The molecule has 2 bridgehead atoms. The zero-order valence-electron chi connectivity index (χ0n) is 11.8. The topological polar surface area (TPSA) is 82.1 Å². The molecule has 0 radical (unpaired) electrons. The molecule has 0 amide bonds. The maximum absolute atomic E-state index is 12.2. The second-order valence-corrected chi connectivity index (χ2v) is 6.46. The van der Waals surface area contributed by atoms with Gasteiger partial charge >= 0.3 is 0 Å². The highest BCUT2D eigenvalue weighted by Gasteiger charge is 2.46. The Labute approximate surface area is 118 Å². The first kappa shape index (κ1) is 12.7. The summed E-state index contributed by atoms with van der Waals surface area (Å²) in [6, 6.07) is 6.16. The maximum Gasteiger partial charge on any atom is 0.297 e. The van der Waals surface area contributed by atoms with E-state index < -0.39 is 41.1 Å². The van der Waals surface area contributed by atoms with Gasteiger partial charge in [0, 0.05) is 7.77 Å². The first-order valence-electron chi connectivity index (χ1n) is 6.83. The van der Waals surface area contributed by atoms with Crippen LogP contribution >= 0.6 is 0 Å². The van der Waals surface area contributed by atoms with Gasteiger partial charge in [-0.1, -0.05) is 17.7 Å². The van der Waals surface area contributed by atoms with E-state index in [2.05, 4.69) is 0 Å². The van der Waals surface area contributed by atoms with Crippen molar-refractivity contribution in [3.8, 4) is 0 Å². The third-order valence-electron chi connectivity index (χ3n) is 3.30. The van der Waals surface area contributed by atoms with Gasteiger partial charge in [-0.25, -0.2) is 0 Å². The van der Waals surface area contributed by atoms with Crippen LogP contribution in [0.5, 0.6) is 0 Å². The van der Waals surface area contributed by atoms with Crippen LogP contribution in [0.4, 0.5) is 0 Å². The van der Waals surface area contributed by atoms with E-state index in [9.17, 15) is 13.5 Å². The molecule has 1 aromatic rings. The first-order chi connectivity index (χ1) is 9.88. The van der Waals surface area contributed by atoms with Crippen molar-refractivity contribution < 1.29 is 28.6 Å². The van der Waals surface area contributed by atoms with Crippen molar-refractivity contribution in [1.82, 2.24) is 0 Å². The lowest BCUT2D eigenvalue weighted by atomic mass is 10.1. The van der Waals surface area contributed by atoms with E-state index in [1.165, 1.54) is 12.1 Å². The van der Waals surface area contributed by atoms with Crippen LogP contribution in [0.3, 0.4) is 0 Å². The van der Waals surface area contributed by atoms with Crippen molar-refractivity contribution in [2.24, 2.45) is 0 Å². The summed E-state index contributed by atoms with van der Waals surface area (Å²) in [5.74, 6) is 0. The third-order valence-corrected chi connectivity index (χ3v) is 4.62. The number of benzene rings is 1. The highest BCUT2D eigenvalue weighted by atomic mass is 32.2. The lowest BCUT2D eigenvalue weighted by Crippen LogP contribution is -2.46. The highest BCUT2D eigenvalue weighted by Crippen LogP contribution is 2.31. The minimum atomic E-state index is -4.06. The number of ether oxygens (including phenoxy) is 2. The first-order valence-corrected chi connectivity index (χ1v) is 7.67. The molecular formula is C13H16O6S. The molecule has 0 aromatic heterocycles. The van der Waals surface area contributed by atoms with Crippen LogP contribution in [-0.2, 0) is 23.8 Å². The molecule has 0 spiro atoms. The molecule has 7 heteroatoms. The third kappa shape index (κ3) is 2.59. The van der Waals surface area contributed by atoms with Crippen LogP contribution in [-0.4, -0.2) is 44.7 Å². The molecule has 2 aliphatic heterocycles. The quantitative estimate of drug-likeness (QED) is 0.822. The number of aliphatic hydroxyl groups is 1. The Balaban J connectivity index is 1.83. The van der Waals surface area contributed by atoms with E-state index >= 15 is 0 Å². The molecule has 2 aliphatic rings. The zero-order chi connectivity index (χ0) is 15.2. The van der Waals surface area contributed by atoms with Gasteiger partial charge in [0.25, 0.3) is 10.1 Å². The Hall–Kier alpha value is -0.990. The normalized spacial score (nSPS) is 37.7. The Kier molecular flexibility index (Phi) is 3.24. The standard InChI is InChI=1S/C13H16O6S/c1-8-2-4-10(5-3-8)20(15,16)19-12-11(14)6-9-7-17-13(12)18-9/h2-5,9,11-14H,6-7H2,1H3/i6D. The fourth-order valence-electron chi connectivity index (χ4n) is 2.21. The molecule has 1 N–H and O–H groups in total. The second kappa shape index (κ2) is 5.09. The van der Waals surface area contributed by atoms with Gasteiger partial charge in [-0.2, -0.15) is 8.42 Å². The second-order valence-electron chi connectivity index (χ2n) is 4.89. The van der Waals surface area contributed by atoms with Gasteiger partial charge in [0.2, 0.25) is 0 Å². The van der Waals surface area contributed by atoms with E-state index in [0.29, 0.717) is 0 Å². The monoisotopic (exact) mass is 301 g/mol. The van der Waals surface area contributed by atoms with Crippen molar-refractivity contribution in [1.29, 1.82) is 0 Å². The summed E-state index contributed by atoms with van der Waals surface area (Å²) in [5, 5.41) is 10.0. The van der Waals surface area contributed by atoms with Crippen LogP contribution in [0.1, 0.15) is 13.3 Å². The van der Waals surface area contributed by atoms with Crippen molar-refractivity contribution >= 4 is 10.1 Å². The van der Waals surface area contributed by atoms with Crippen LogP contribution < -0.4 is 0 Å². The minimum absolute atomic E-state index is 0.0121. The van der Waals surface area contributed by atoms with E-state index in [4.69, 9.17) is 15.0 Å². The van der Waals surface area contributed by atoms with Gasteiger partial charge in [0.15, 0.2) is 12.4 Å². The van der Waals surface area contributed by atoms with E-state index in [0.717, 1.165) is 5.56 Å². The molecular weight excluding hydrogens is 284 g/mol. The van der Waals surface area contributed by atoms with E-state index in [-0.39, 0.29) is 11.5 Å².